The second-order valence-electron chi connectivity index (χ2n) is 8.63. The molecule has 0 atom stereocenters. The second-order valence-corrected chi connectivity index (χ2v) is 8.63. The number of hydrogen-bond acceptors (Lipinski definition) is 1. The van der Waals surface area contributed by atoms with Crippen LogP contribution in [0.3, 0.4) is 0 Å². The number of halogens is 1. The van der Waals surface area contributed by atoms with Gasteiger partial charge < -0.3 is 0 Å². The molecule has 0 fully saturated rings. The fourth-order valence-corrected chi connectivity index (χ4v) is 4.44. The zero-order chi connectivity index (χ0) is 23.6. The summed E-state index contributed by atoms with van der Waals surface area (Å²) in [5, 5.41) is 1.15. The molecule has 166 valence electrons. The third kappa shape index (κ3) is 4.34. The van der Waals surface area contributed by atoms with E-state index < -0.39 is 0 Å². The number of aromatic nitrogens is 1. The van der Waals surface area contributed by atoms with Crippen LogP contribution in [0.5, 0.6) is 0 Å². The Balaban J connectivity index is 1.21. The number of hydrogen-bond donors (Lipinski definition) is 0. The standard InChI is InChI=1S/C33H22FN/c34-31-6-3-5-30(22-31)27-14-12-25(13-15-27)23-8-10-24(11-9-23)26-16-18-29(19-17-26)33-21-20-28-4-1-2-7-32(28)35-33/h1-22H. The van der Waals surface area contributed by atoms with Crippen molar-refractivity contribution in [1.29, 1.82) is 0 Å². The molecule has 6 aromatic rings. The van der Waals surface area contributed by atoms with Gasteiger partial charge in [-0.15, -0.1) is 0 Å². The molecule has 6 rings (SSSR count). The van der Waals surface area contributed by atoms with E-state index in [-0.39, 0.29) is 5.82 Å². The van der Waals surface area contributed by atoms with Gasteiger partial charge >= 0.3 is 0 Å². The molecule has 35 heavy (non-hydrogen) atoms. The first-order valence-corrected chi connectivity index (χ1v) is 11.7. The molecule has 0 aliphatic carbocycles. The van der Waals surface area contributed by atoms with Crippen molar-refractivity contribution in [2.45, 2.75) is 0 Å². The monoisotopic (exact) mass is 451 g/mol. The van der Waals surface area contributed by atoms with Gasteiger partial charge in [0.2, 0.25) is 0 Å². The van der Waals surface area contributed by atoms with E-state index in [4.69, 9.17) is 4.98 Å². The van der Waals surface area contributed by atoms with Crippen molar-refractivity contribution < 1.29 is 4.39 Å². The van der Waals surface area contributed by atoms with Crippen LogP contribution in [-0.2, 0) is 0 Å². The number of para-hydroxylation sites is 1. The van der Waals surface area contributed by atoms with Crippen molar-refractivity contribution in [3.63, 3.8) is 0 Å². The molecule has 1 aromatic heterocycles. The molecule has 0 spiro atoms. The van der Waals surface area contributed by atoms with Crippen LogP contribution in [0.25, 0.3) is 55.5 Å². The molecule has 0 bridgehead atoms. The van der Waals surface area contributed by atoms with Crippen molar-refractivity contribution in [2.24, 2.45) is 0 Å². The Morgan fingerprint density at radius 1 is 0.400 bits per heavy atom. The average Bonchev–Trinajstić information content (AvgIpc) is 2.93. The van der Waals surface area contributed by atoms with Gasteiger partial charge in [0.1, 0.15) is 5.82 Å². The Kier molecular flexibility index (Phi) is 5.40. The molecule has 0 saturated heterocycles. The first-order valence-electron chi connectivity index (χ1n) is 11.7. The lowest BCUT2D eigenvalue weighted by molar-refractivity contribution is 0.628. The van der Waals surface area contributed by atoms with E-state index in [2.05, 4.69) is 78.9 Å². The van der Waals surface area contributed by atoms with Crippen LogP contribution in [-0.4, -0.2) is 4.98 Å². The molecular weight excluding hydrogens is 429 g/mol. The maximum Gasteiger partial charge on any atom is 0.123 e. The van der Waals surface area contributed by atoms with Gasteiger partial charge in [0, 0.05) is 10.9 Å². The SMILES string of the molecule is Fc1cccc(-c2ccc(-c3ccc(-c4ccc(-c5ccc6ccccc6n5)cc4)cc3)cc2)c1. The zero-order valence-corrected chi connectivity index (χ0v) is 19.0. The fourth-order valence-electron chi connectivity index (χ4n) is 4.44. The average molecular weight is 452 g/mol. The minimum atomic E-state index is -0.219. The maximum atomic E-state index is 13.5. The summed E-state index contributed by atoms with van der Waals surface area (Å²) in [6.45, 7) is 0. The van der Waals surface area contributed by atoms with E-state index in [1.54, 1.807) is 12.1 Å². The van der Waals surface area contributed by atoms with Gasteiger partial charge in [0.15, 0.2) is 0 Å². The Morgan fingerprint density at radius 3 is 1.49 bits per heavy atom. The molecule has 0 N–H and O–H groups in total. The quantitative estimate of drug-likeness (QED) is 0.260. The van der Waals surface area contributed by atoms with Crippen LogP contribution in [0.4, 0.5) is 4.39 Å². The molecule has 2 heteroatoms. The minimum absolute atomic E-state index is 0.219. The Hall–Kier alpha value is -4.56. The molecule has 0 radical (unpaired) electrons. The summed E-state index contributed by atoms with van der Waals surface area (Å²) in [6.07, 6.45) is 0. The molecule has 1 heterocycles. The van der Waals surface area contributed by atoms with Gasteiger partial charge in [-0.25, -0.2) is 9.37 Å². The number of benzene rings is 5. The molecule has 0 amide bonds. The summed E-state index contributed by atoms with van der Waals surface area (Å²) in [6, 6.07) is 44.5. The van der Waals surface area contributed by atoms with E-state index >= 15 is 0 Å². The zero-order valence-electron chi connectivity index (χ0n) is 19.0. The summed E-state index contributed by atoms with van der Waals surface area (Å²) >= 11 is 0. The molecule has 0 aliphatic rings. The highest BCUT2D eigenvalue weighted by molar-refractivity contribution is 5.82. The molecule has 5 aromatic carbocycles. The van der Waals surface area contributed by atoms with Gasteiger partial charge in [-0.3, -0.25) is 0 Å². The Bertz CT molecular complexity index is 1620. The van der Waals surface area contributed by atoms with Crippen molar-refractivity contribution >= 4 is 10.9 Å². The molecule has 1 nitrogen and oxygen atoms in total. The topological polar surface area (TPSA) is 12.9 Å². The van der Waals surface area contributed by atoms with E-state index in [0.717, 1.165) is 44.4 Å². The number of fused-ring (bicyclic) bond motifs is 1. The molecular formula is C33H22FN. The first kappa shape index (κ1) is 21.0. The third-order valence-electron chi connectivity index (χ3n) is 6.37. The van der Waals surface area contributed by atoms with Crippen LogP contribution in [0.2, 0.25) is 0 Å². The van der Waals surface area contributed by atoms with Crippen LogP contribution in [0.1, 0.15) is 0 Å². The minimum Gasteiger partial charge on any atom is -0.248 e. The summed E-state index contributed by atoms with van der Waals surface area (Å²) in [7, 11) is 0. The smallest absolute Gasteiger partial charge is 0.123 e. The normalized spacial score (nSPS) is 11.0. The van der Waals surface area contributed by atoms with E-state index in [9.17, 15) is 4.39 Å². The van der Waals surface area contributed by atoms with Gasteiger partial charge in [-0.1, -0.05) is 109 Å². The van der Waals surface area contributed by atoms with Crippen LogP contribution < -0.4 is 0 Å². The summed E-state index contributed by atoms with van der Waals surface area (Å²) < 4.78 is 13.5. The van der Waals surface area contributed by atoms with Gasteiger partial charge in [0.05, 0.1) is 11.2 Å². The summed E-state index contributed by atoms with van der Waals surface area (Å²) in [4.78, 5) is 4.80. The first-order chi connectivity index (χ1) is 17.2. The molecule has 0 unspecified atom stereocenters. The number of rotatable bonds is 4. The summed E-state index contributed by atoms with van der Waals surface area (Å²) in [5.74, 6) is -0.219. The second kappa shape index (κ2) is 9.00. The van der Waals surface area contributed by atoms with Crippen LogP contribution in [0.15, 0.2) is 133 Å². The maximum absolute atomic E-state index is 13.5. The van der Waals surface area contributed by atoms with Crippen molar-refractivity contribution in [1.82, 2.24) is 4.98 Å². The van der Waals surface area contributed by atoms with Gasteiger partial charge in [-0.05, 0) is 57.6 Å². The highest BCUT2D eigenvalue weighted by Gasteiger charge is 2.05. The number of pyridine rings is 1. The Labute approximate surface area is 204 Å². The van der Waals surface area contributed by atoms with Crippen molar-refractivity contribution in [3.8, 4) is 44.6 Å². The van der Waals surface area contributed by atoms with Gasteiger partial charge in [0.25, 0.3) is 0 Å². The predicted molar refractivity (Wildman–Crippen MR) is 143 cm³/mol. The van der Waals surface area contributed by atoms with Crippen molar-refractivity contribution in [3.05, 3.63) is 139 Å². The van der Waals surface area contributed by atoms with E-state index in [1.165, 1.54) is 17.2 Å². The van der Waals surface area contributed by atoms with Crippen molar-refractivity contribution in [2.75, 3.05) is 0 Å². The Morgan fingerprint density at radius 2 is 0.914 bits per heavy atom. The molecule has 0 aliphatic heterocycles. The van der Waals surface area contributed by atoms with Crippen LogP contribution >= 0.6 is 0 Å². The van der Waals surface area contributed by atoms with Gasteiger partial charge in [-0.2, -0.15) is 0 Å². The van der Waals surface area contributed by atoms with E-state index in [0.29, 0.717) is 0 Å². The third-order valence-corrected chi connectivity index (χ3v) is 6.37. The predicted octanol–water partition coefficient (Wildman–Crippen LogP) is 9.04. The summed E-state index contributed by atoms with van der Waals surface area (Å²) in [5.41, 5.74) is 9.60. The number of nitrogens with zero attached hydrogens (tertiary/aromatic N) is 1. The fraction of sp³-hybridized carbons (Fsp3) is 0. The highest BCUT2D eigenvalue weighted by atomic mass is 19.1. The lowest BCUT2D eigenvalue weighted by Gasteiger charge is -2.08. The highest BCUT2D eigenvalue weighted by Crippen LogP contribution is 2.29. The molecule has 0 saturated carbocycles. The van der Waals surface area contributed by atoms with E-state index in [1.807, 2.05) is 36.4 Å². The lowest BCUT2D eigenvalue weighted by atomic mass is 9.97. The van der Waals surface area contributed by atoms with Crippen LogP contribution in [0, 0.1) is 5.82 Å². The lowest BCUT2D eigenvalue weighted by Crippen LogP contribution is -1.86. The largest absolute Gasteiger partial charge is 0.248 e.